The number of esters is 1. The van der Waals surface area contributed by atoms with Crippen LogP contribution in [0, 0.1) is 17.2 Å². The second kappa shape index (κ2) is 9.16. The molecule has 0 amide bonds. The minimum absolute atomic E-state index is 0.0654. The van der Waals surface area contributed by atoms with Gasteiger partial charge in [0.1, 0.15) is 24.2 Å². The van der Waals surface area contributed by atoms with E-state index in [0.717, 1.165) is 19.4 Å². The topological polar surface area (TPSA) is 132 Å². The minimum Gasteiger partial charge on any atom is -0.505 e. The van der Waals surface area contributed by atoms with Gasteiger partial charge in [0, 0.05) is 36.2 Å². The first-order chi connectivity index (χ1) is 15.5. The number of hydrogen-bond acceptors (Lipinski definition) is 9. The summed E-state index contributed by atoms with van der Waals surface area (Å²) in [4.78, 5) is 27.0. The molecule has 2 N–H and O–H groups in total. The number of nitrogens with zero attached hydrogens (tertiary/aromatic N) is 5. The molecule has 0 radical (unpaired) electrons. The van der Waals surface area contributed by atoms with Crippen LogP contribution in [0.3, 0.4) is 0 Å². The molecule has 2 atom stereocenters. The van der Waals surface area contributed by atoms with Gasteiger partial charge in [0.2, 0.25) is 0 Å². The van der Waals surface area contributed by atoms with Crippen LogP contribution in [-0.2, 0) is 11.3 Å². The monoisotopic (exact) mass is 433 g/mol. The van der Waals surface area contributed by atoms with Crippen LogP contribution in [0.15, 0.2) is 36.7 Å². The molecule has 9 heteroatoms. The van der Waals surface area contributed by atoms with Crippen molar-refractivity contribution in [1.82, 2.24) is 15.0 Å². The Bertz CT molecular complexity index is 1180. The highest BCUT2D eigenvalue weighted by Crippen LogP contribution is 2.31. The lowest BCUT2D eigenvalue weighted by atomic mass is 10.0. The summed E-state index contributed by atoms with van der Waals surface area (Å²) in [7, 11) is 0. The molecule has 4 rings (SSSR count). The molecule has 32 heavy (non-hydrogen) atoms. The Morgan fingerprint density at radius 3 is 2.81 bits per heavy atom. The highest BCUT2D eigenvalue weighted by atomic mass is 16.5. The average Bonchev–Trinajstić information content (AvgIpc) is 3.18. The maximum Gasteiger partial charge on any atom is 0.361 e. The molecule has 9 nitrogen and oxygen atoms in total. The van der Waals surface area contributed by atoms with Crippen LogP contribution >= 0.6 is 0 Å². The van der Waals surface area contributed by atoms with E-state index in [1.54, 1.807) is 18.2 Å². The first kappa shape index (κ1) is 21.5. The number of aromatic nitrogens is 3. The van der Waals surface area contributed by atoms with Gasteiger partial charge in [-0.15, -0.1) is 0 Å². The molecule has 1 aliphatic rings. The number of carbonyl (C=O) groups excluding carboxylic acids is 1. The summed E-state index contributed by atoms with van der Waals surface area (Å²) in [6.45, 7) is 3.27. The molecule has 1 fully saturated rings. The lowest BCUT2D eigenvalue weighted by Gasteiger charge is -2.17. The molecule has 0 aromatic carbocycles. The van der Waals surface area contributed by atoms with E-state index < -0.39 is 5.97 Å². The second-order valence-corrected chi connectivity index (χ2v) is 7.82. The van der Waals surface area contributed by atoms with Crippen LogP contribution in [0.2, 0.25) is 0 Å². The zero-order valence-electron chi connectivity index (χ0n) is 17.6. The van der Waals surface area contributed by atoms with E-state index in [2.05, 4.69) is 21.9 Å². The van der Waals surface area contributed by atoms with Crippen molar-refractivity contribution < 1.29 is 19.7 Å². The Morgan fingerprint density at radius 2 is 2.09 bits per heavy atom. The number of carbonyl (C=O) groups is 1. The van der Waals surface area contributed by atoms with E-state index in [1.807, 2.05) is 11.0 Å². The fraction of sp³-hybridized carbons (Fsp3) is 0.348. The quantitative estimate of drug-likeness (QED) is 0.563. The van der Waals surface area contributed by atoms with Crippen molar-refractivity contribution in [3.05, 3.63) is 53.6 Å². The molecule has 164 valence electrons. The number of rotatable bonds is 6. The summed E-state index contributed by atoms with van der Waals surface area (Å²) in [5.74, 6) is -0.162. The normalized spacial score (nSPS) is 18.0. The first-order valence-electron chi connectivity index (χ1n) is 10.4. The Kier molecular flexibility index (Phi) is 6.14. The van der Waals surface area contributed by atoms with Gasteiger partial charge >= 0.3 is 5.97 Å². The van der Waals surface area contributed by atoms with Crippen molar-refractivity contribution in [2.45, 2.75) is 32.5 Å². The number of pyridine rings is 3. The highest BCUT2D eigenvalue weighted by Gasteiger charge is 2.31. The Labute approximate surface area is 184 Å². The maximum atomic E-state index is 12.4. The lowest BCUT2D eigenvalue weighted by Crippen LogP contribution is -2.22. The van der Waals surface area contributed by atoms with Crippen LogP contribution in [0.1, 0.15) is 41.5 Å². The summed E-state index contributed by atoms with van der Waals surface area (Å²) < 4.78 is 5.23. The van der Waals surface area contributed by atoms with Gasteiger partial charge in [-0.25, -0.2) is 19.7 Å². The molecular formula is C23H23N5O4. The minimum atomic E-state index is -0.775. The zero-order chi connectivity index (χ0) is 22.7. The van der Waals surface area contributed by atoms with Crippen molar-refractivity contribution in [1.29, 1.82) is 5.26 Å². The number of anilines is 1. The van der Waals surface area contributed by atoms with E-state index in [1.165, 1.54) is 18.5 Å². The van der Waals surface area contributed by atoms with Crippen LogP contribution < -0.4 is 4.90 Å². The first-order valence-corrected chi connectivity index (χ1v) is 10.4. The van der Waals surface area contributed by atoms with Crippen LogP contribution in [0.4, 0.5) is 5.82 Å². The molecule has 3 aromatic rings. The largest absolute Gasteiger partial charge is 0.505 e. The van der Waals surface area contributed by atoms with Crippen molar-refractivity contribution in [3.63, 3.8) is 0 Å². The predicted molar refractivity (Wildman–Crippen MR) is 116 cm³/mol. The van der Waals surface area contributed by atoms with E-state index in [9.17, 15) is 15.0 Å². The summed E-state index contributed by atoms with van der Waals surface area (Å²) in [6, 6.07) is 8.54. The summed E-state index contributed by atoms with van der Waals surface area (Å²) in [5.41, 5.74) is 1.12. The van der Waals surface area contributed by atoms with Crippen molar-refractivity contribution in [2.24, 2.45) is 5.92 Å². The zero-order valence-corrected chi connectivity index (χ0v) is 17.6. The number of nitriles is 1. The molecule has 1 unspecified atom stereocenters. The number of β-amino-alcohol motifs (C(OH)–C–C–N with tert-alkyl or cyclic N) is 1. The van der Waals surface area contributed by atoms with Crippen LogP contribution in [0.25, 0.3) is 10.9 Å². The third-order valence-corrected chi connectivity index (χ3v) is 5.60. The van der Waals surface area contributed by atoms with Crippen molar-refractivity contribution in [2.75, 3.05) is 18.0 Å². The predicted octanol–water partition coefficient (Wildman–Crippen LogP) is 2.56. The Morgan fingerprint density at radius 1 is 1.25 bits per heavy atom. The van der Waals surface area contributed by atoms with Gasteiger partial charge in [0.25, 0.3) is 0 Å². The molecule has 0 spiro atoms. The molecule has 0 bridgehead atoms. The van der Waals surface area contributed by atoms with Gasteiger partial charge in [-0.2, -0.15) is 5.26 Å². The van der Waals surface area contributed by atoms with E-state index in [0.29, 0.717) is 28.8 Å². The molecule has 0 saturated carbocycles. The fourth-order valence-electron chi connectivity index (χ4n) is 3.89. The van der Waals surface area contributed by atoms with Crippen LogP contribution in [-0.4, -0.2) is 50.3 Å². The van der Waals surface area contributed by atoms with Gasteiger partial charge in [0.05, 0.1) is 17.8 Å². The molecule has 0 aliphatic carbocycles. The third kappa shape index (κ3) is 4.31. The number of ether oxygens (including phenoxy) is 1. The van der Waals surface area contributed by atoms with Crippen LogP contribution in [0.5, 0.6) is 5.75 Å². The fourth-order valence-corrected chi connectivity index (χ4v) is 3.89. The number of fused-ring (bicyclic) bond motifs is 1. The Hall–Kier alpha value is -3.77. The maximum absolute atomic E-state index is 12.4. The summed E-state index contributed by atoms with van der Waals surface area (Å²) >= 11 is 0. The molecule has 1 aliphatic heterocycles. The number of aliphatic hydroxyl groups excluding tert-OH is 1. The lowest BCUT2D eigenvalue weighted by molar-refractivity contribution is 0.0462. The average molecular weight is 433 g/mol. The van der Waals surface area contributed by atoms with E-state index in [4.69, 9.17) is 10.00 Å². The van der Waals surface area contributed by atoms with Gasteiger partial charge in [-0.05, 0) is 24.6 Å². The standard InChI is InChI=1S/C23H23N5O4/c1-2-3-15-11-28(12-19(15)29)20-7-6-17-18(27-20)10-26-21(22(17)30)23(31)32-13-14-4-5-16(8-24)25-9-14/h4-7,9-10,15,19,29-30H,2-3,11-13H2,1H3/t15?,19-/m0/s1. The highest BCUT2D eigenvalue weighted by molar-refractivity contribution is 5.98. The summed E-state index contributed by atoms with van der Waals surface area (Å²) in [6.07, 6.45) is 4.46. The second-order valence-electron chi connectivity index (χ2n) is 7.82. The smallest absolute Gasteiger partial charge is 0.361 e. The number of aliphatic hydroxyl groups is 1. The number of hydrogen-bond donors (Lipinski definition) is 2. The summed E-state index contributed by atoms with van der Waals surface area (Å²) in [5, 5.41) is 30.0. The SMILES string of the molecule is CCCC1CN(c2ccc3c(O)c(C(=O)OCc4ccc(C#N)nc4)ncc3n2)C[C@@H]1O. The van der Waals surface area contributed by atoms with E-state index in [-0.39, 0.29) is 35.8 Å². The molecule has 1 saturated heterocycles. The number of aromatic hydroxyl groups is 1. The third-order valence-electron chi connectivity index (χ3n) is 5.60. The van der Waals surface area contributed by atoms with Gasteiger partial charge in [-0.1, -0.05) is 19.4 Å². The van der Waals surface area contributed by atoms with E-state index >= 15 is 0 Å². The van der Waals surface area contributed by atoms with Crippen molar-refractivity contribution >= 4 is 22.7 Å². The van der Waals surface area contributed by atoms with Gasteiger partial charge in [-0.3, -0.25) is 0 Å². The molecule has 4 heterocycles. The van der Waals surface area contributed by atoms with Gasteiger partial charge < -0.3 is 19.8 Å². The molecule has 3 aromatic heterocycles. The van der Waals surface area contributed by atoms with Crippen molar-refractivity contribution in [3.8, 4) is 11.8 Å². The van der Waals surface area contributed by atoms with Gasteiger partial charge in [0.15, 0.2) is 11.4 Å². The molecular weight excluding hydrogens is 410 g/mol. The Balaban J connectivity index is 1.49.